The number of halogens is 4. The summed E-state index contributed by atoms with van der Waals surface area (Å²) in [5.74, 6) is -1.56. The van der Waals surface area contributed by atoms with Crippen LogP contribution in [0.25, 0.3) is 0 Å². The number of thioether (sulfide) groups is 1. The minimum absolute atomic E-state index is 0.0718. The number of anilines is 2. The Morgan fingerprint density at radius 3 is 2.30 bits per heavy atom. The zero-order valence-electron chi connectivity index (χ0n) is 19.5. The molecular weight excluding hydrogens is 512 g/mol. The molecule has 37 heavy (non-hydrogen) atoms. The van der Waals surface area contributed by atoms with E-state index in [0.29, 0.717) is 11.3 Å². The van der Waals surface area contributed by atoms with Crippen LogP contribution in [-0.4, -0.2) is 38.8 Å². The van der Waals surface area contributed by atoms with Crippen LogP contribution in [0.2, 0.25) is 0 Å². The number of urea groups is 1. The van der Waals surface area contributed by atoms with Gasteiger partial charge in [-0.3, -0.25) is 14.6 Å². The lowest BCUT2D eigenvalue weighted by molar-refractivity contribution is -0.123. The molecule has 4 amide bonds. The molecule has 0 aliphatic carbocycles. The van der Waals surface area contributed by atoms with Crippen molar-refractivity contribution in [2.45, 2.75) is 36.3 Å². The number of alkyl halides is 3. The molecule has 1 aliphatic rings. The summed E-state index contributed by atoms with van der Waals surface area (Å²) in [4.78, 5) is 45.3. The van der Waals surface area contributed by atoms with Crippen LogP contribution in [-0.2, 0) is 11.3 Å². The van der Waals surface area contributed by atoms with E-state index in [1.54, 1.807) is 19.9 Å². The van der Waals surface area contributed by atoms with Gasteiger partial charge in [-0.2, -0.15) is 13.2 Å². The lowest BCUT2D eigenvalue weighted by atomic mass is 10.0. The summed E-state index contributed by atoms with van der Waals surface area (Å²) in [5, 5.41) is 2.69. The number of carbonyl (C=O) groups excluding carboxylic acids is 3. The second-order valence-corrected chi connectivity index (χ2v) is 9.74. The minimum atomic E-state index is -4.46. The van der Waals surface area contributed by atoms with Gasteiger partial charge < -0.3 is 10.2 Å². The SMILES string of the molecule is CC1(C)C(=O)N(c2ccc(SC(F)(F)F)cc2)C(=O)N1Cc1ccncc1NC(=O)c1ccc(F)cc1. The van der Waals surface area contributed by atoms with Gasteiger partial charge in [-0.1, -0.05) is 0 Å². The van der Waals surface area contributed by atoms with Crippen LogP contribution in [0.3, 0.4) is 0 Å². The lowest BCUT2D eigenvalue weighted by Gasteiger charge is -2.28. The number of rotatable bonds is 6. The van der Waals surface area contributed by atoms with E-state index < -0.39 is 34.7 Å². The van der Waals surface area contributed by atoms with Gasteiger partial charge in [-0.15, -0.1) is 0 Å². The molecule has 7 nitrogen and oxygen atoms in total. The maximum atomic E-state index is 13.3. The summed E-state index contributed by atoms with van der Waals surface area (Å²) in [6.07, 6.45) is 2.86. The van der Waals surface area contributed by atoms with Gasteiger partial charge in [-0.05, 0) is 85.8 Å². The number of carbonyl (C=O) groups is 3. The molecule has 1 N–H and O–H groups in total. The third kappa shape index (κ3) is 5.58. The number of amides is 4. The van der Waals surface area contributed by atoms with Gasteiger partial charge in [0.2, 0.25) is 0 Å². The molecular formula is C25H20F4N4O3S. The summed E-state index contributed by atoms with van der Waals surface area (Å²) < 4.78 is 51.1. The Kier molecular flexibility index (Phi) is 6.96. The summed E-state index contributed by atoms with van der Waals surface area (Å²) in [5.41, 5.74) is -4.64. The number of pyridine rings is 1. The van der Waals surface area contributed by atoms with Crippen LogP contribution in [0, 0.1) is 5.82 Å². The van der Waals surface area contributed by atoms with Crippen LogP contribution >= 0.6 is 11.8 Å². The fourth-order valence-electron chi connectivity index (χ4n) is 3.77. The van der Waals surface area contributed by atoms with Gasteiger partial charge >= 0.3 is 11.5 Å². The first-order valence-corrected chi connectivity index (χ1v) is 11.7. The standard InChI is InChI=1S/C25H20F4N4O3S/c1-24(2)22(35)33(18-7-9-19(10-8-18)37-25(27,28)29)23(36)32(24)14-16-11-12-30-13-20(16)31-21(34)15-3-5-17(26)6-4-15/h3-13H,14H2,1-2H3,(H,31,34). The van der Waals surface area contributed by atoms with E-state index in [1.165, 1.54) is 53.7 Å². The number of nitrogens with zero attached hydrogens (tertiary/aromatic N) is 3. The highest BCUT2D eigenvalue weighted by molar-refractivity contribution is 8.00. The first-order valence-electron chi connectivity index (χ1n) is 10.9. The minimum Gasteiger partial charge on any atom is -0.320 e. The second-order valence-electron chi connectivity index (χ2n) is 8.60. The monoisotopic (exact) mass is 532 g/mol. The summed E-state index contributed by atoms with van der Waals surface area (Å²) in [6, 6.07) is 10.8. The molecule has 1 aliphatic heterocycles. The van der Waals surface area contributed by atoms with Crippen LogP contribution in [0.15, 0.2) is 71.9 Å². The second kappa shape index (κ2) is 9.85. The quantitative estimate of drug-likeness (QED) is 0.245. The van der Waals surface area contributed by atoms with E-state index >= 15 is 0 Å². The van der Waals surface area contributed by atoms with E-state index in [0.717, 1.165) is 17.0 Å². The van der Waals surface area contributed by atoms with E-state index in [-0.39, 0.29) is 34.5 Å². The first kappa shape index (κ1) is 26.1. The van der Waals surface area contributed by atoms with Crippen molar-refractivity contribution in [1.82, 2.24) is 9.88 Å². The van der Waals surface area contributed by atoms with Gasteiger partial charge in [0, 0.05) is 16.7 Å². The Morgan fingerprint density at radius 1 is 1.03 bits per heavy atom. The number of hydrogen-bond acceptors (Lipinski definition) is 5. The highest BCUT2D eigenvalue weighted by Gasteiger charge is 2.52. The third-order valence-corrected chi connectivity index (χ3v) is 6.49. The normalized spacial score (nSPS) is 15.3. The van der Waals surface area contributed by atoms with Gasteiger partial charge in [0.15, 0.2) is 0 Å². The van der Waals surface area contributed by atoms with Crippen LogP contribution in [0.5, 0.6) is 0 Å². The zero-order valence-corrected chi connectivity index (χ0v) is 20.4. The molecule has 12 heteroatoms. The predicted molar refractivity (Wildman–Crippen MR) is 129 cm³/mol. The van der Waals surface area contributed by atoms with E-state index in [4.69, 9.17) is 0 Å². The number of aromatic nitrogens is 1. The smallest absolute Gasteiger partial charge is 0.320 e. The van der Waals surface area contributed by atoms with Crippen molar-refractivity contribution in [2.75, 3.05) is 10.2 Å². The van der Waals surface area contributed by atoms with Crippen LogP contribution in [0.1, 0.15) is 29.8 Å². The number of imide groups is 1. The Morgan fingerprint density at radius 2 is 1.68 bits per heavy atom. The fourth-order valence-corrected chi connectivity index (χ4v) is 4.30. The predicted octanol–water partition coefficient (Wildman–Crippen LogP) is 5.83. The molecule has 192 valence electrons. The highest BCUT2D eigenvalue weighted by Crippen LogP contribution is 2.39. The molecule has 2 heterocycles. The average Bonchev–Trinajstić information content (AvgIpc) is 2.99. The summed E-state index contributed by atoms with van der Waals surface area (Å²) >= 11 is -0.297. The summed E-state index contributed by atoms with van der Waals surface area (Å²) in [7, 11) is 0. The molecule has 4 rings (SSSR count). The molecule has 0 saturated carbocycles. The topological polar surface area (TPSA) is 82.6 Å². The van der Waals surface area contributed by atoms with Gasteiger partial charge in [0.05, 0.1) is 24.1 Å². The Balaban J connectivity index is 1.56. The van der Waals surface area contributed by atoms with E-state index in [1.807, 2.05) is 0 Å². The Hall–Kier alpha value is -3.93. The number of hydrogen-bond donors (Lipinski definition) is 1. The first-order chi connectivity index (χ1) is 17.4. The maximum Gasteiger partial charge on any atom is 0.446 e. The molecule has 1 aromatic heterocycles. The van der Waals surface area contributed by atoms with Gasteiger partial charge in [-0.25, -0.2) is 14.1 Å². The lowest BCUT2D eigenvalue weighted by Crippen LogP contribution is -2.43. The van der Waals surface area contributed by atoms with Gasteiger partial charge in [0.1, 0.15) is 11.4 Å². The summed E-state index contributed by atoms with van der Waals surface area (Å²) in [6.45, 7) is 3.04. The number of nitrogens with one attached hydrogen (secondary N) is 1. The van der Waals surface area contributed by atoms with E-state index in [9.17, 15) is 31.9 Å². The van der Waals surface area contributed by atoms with Crippen molar-refractivity contribution in [2.24, 2.45) is 0 Å². The average molecular weight is 533 g/mol. The molecule has 0 unspecified atom stereocenters. The third-order valence-electron chi connectivity index (χ3n) is 5.75. The molecule has 0 atom stereocenters. The molecule has 1 fully saturated rings. The largest absolute Gasteiger partial charge is 0.446 e. The highest BCUT2D eigenvalue weighted by atomic mass is 32.2. The zero-order chi connectivity index (χ0) is 27.0. The molecule has 1 saturated heterocycles. The van der Waals surface area contributed by atoms with Crippen molar-refractivity contribution in [3.8, 4) is 0 Å². The maximum absolute atomic E-state index is 13.3. The van der Waals surface area contributed by atoms with E-state index in [2.05, 4.69) is 10.3 Å². The fraction of sp³-hybridized carbons (Fsp3) is 0.200. The Labute approximate surface area is 213 Å². The van der Waals surface area contributed by atoms with Crippen molar-refractivity contribution < 1.29 is 31.9 Å². The van der Waals surface area contributed by atoms with Crippen LogP contribution in [0.4, 0.5) is 33.7 Å². The molecule has 0 spiro atoms. The molecule has 3 aromatic rings. The van der Waals surface area contributed by atoms with Gasteiger partial charge in [0.25, 0.3) is 11.8 Å². The van der Waals surface area contributed by atoms with Crippen molar-refractivity contribution in [3.05, 3.63) is 83.9 Å². The molecule has 0 radical (unpaired) electrons. The van der Waals surface area contributed by atoms with Crippen molar-refractivity contribution >= 4 is 41.0 Å². The van der Waals surface area contributed by atoms with Crippen molar-refractivity contribution in [3.63, 3.8) is 0 Å². The van der Waals surface area contributed by atoms with Crippen LogP contribution < -0.4 is 10.2 Å². The number of benzene rings is 2. The molecule has 2 aromatic carbocycles. The Bertz CT molecular complexity index is 1350. The van der Waals surface area contributed by atoms with Crippen molar-refractivity contribution in [1.29, 1.82) is 0 Å². The molecule has 0 bridgehead atoms.